The van der Waals surface area contributed by atoms with Gasteiger partial charge in [0, 0.05) is 18.3 Å². The summed E-state index contributed by atoms with van der Waals surface area (Å²) >= 11 is 0. The summed E-state index contributed by atoms with van der Waals surface area (Å²) in [5.74, 6) is 0.117. The number of nitrogens with zero attached hydrogens (tertiary/aromatic N) is 1. The van der Waals surface area contributed by atoms with Crippen LogP contribution in [-0.4, -0.2) is 25.0 Å². The molecule has 0 aliphatic rings. The molecule has 0 radical (unpaired) electrons. The van der Waals surface area contributed by atoms with Gasteiger partial charge in [0.25, 0.3) is 0 Å². The molecule has 0 saturated heterocycles. The number of carbonyl (C=O) groups excluding carboxylic acids is 2. The summed E-state index contributed by atoms with van der Waals surface area (Å²) in [6, 6.07) is 13.2. The van der Waals surface area contributed by atoms with Crippen LogP contribution in [0.4, 0.5) is 17.1 Å². The Morgan fingerprint density at radius 3 is 2.31 bits per heavy atom. The van der Waals surface area contributed by atoms with Gasteiger partial charge in [0.05, 0.1) is 24.4 Å². The van der Waals surface area contributed by atoms with Crippen molar-refractivity contribution in [3.8, 4) is 11.8 Å². The van der Waals surface area contributed by atoms with Crippen LogP contribution in [0.15, 0.2) is 42.5 Å². The number of rotatable bonds is 6. The topological polar surface area (TPSA) is 103 Å². The van der Waals surface area contributed by atoms with Crippen molar-refractivity contribution in [1.29, 1.82) is 5.26 Å². The fraction of sp³-hybridized carbons (Fsp3) is 0.211. The quantitative estimate of drug-likeness (QED) is 0.741. The fourth-order valence-corrected chi connectivity index (χ4v) is 2.28. The minimum Gasteiger partial charge on any atom is -0.495 e. The van der Waals surface area contributed by atoms with Gasteiger partial charge in [-0.25, -0.2) is 0 Å². The van der Waals surface area contributed by atoms with Crippen LogP contribution in [0.3, 0.4) is 0 Å². The molecule has 26 heavy (non-hydrogen) atoms. The van der Waals surface area contributed by atoms with Gasteiger partial charge in [0.15, 0.2) is 0 Å². The molecule has 0 aliphatic carbocycles. The van der Waals surface area contributed by atoms with E-state index in [4.69, 9.17) is 10.00 Å². The maximum absolute atomic E-state index is 12.4. The van der Waals surface area contributed by atoms with Crippen LogP contribution in [-0.2, 0) is 9.59 Å². The first kappa shape index (κ1) is 18.8. The second-order valence-corrected chi connectivity index (χ2v) is 5.64. The summed E-state index contributed by atoms with van der Waals surface area (Å²) in [6.45, 7) is 3.13. The zero-order valence-electron chi connectivity index (χ0n) is 14.8. The molecule has 7 nitrogen and oxygen atoms in total. The molecular formula is C19H20N4O3. The summed E-state index contributed by atoms with van der Waals surface area (Å²) in [4.78, 5) is 23.6. The van der Waals surface area contributed by atoms with Crippen molar-refractivity contribution in [3.05, 3.63) is 48.0 Å². The highest BCUT2D eigenvalue weighted by atomic mass is 16.5. The summed E-state index contributed by atoms with van der Waals surface area (Å²) in [5.41, 5.74) is 2.30. The van der Waals surface area contributed by atoms with Gasteiger partial charge in [-0.2, -0.15) is 5.26 Å². The van der Waals surface area contributed by atoms with E-state index in [-0.39, 0.29) is 11.8 Å². The average molecular weight is 352 g/mol. The summed E-state index contributed by atoms with van der Waals surface area (Å²) in [6.07, 6.45) is 0. The third kappa shape index (κ3) is 4.98. The summed E-state index contributed by atoms with van der Waals surface area (Å²) in [5, 5.41) is 17.3. The van der Waals surface area contributed by atoms with Gasteiger partial charge in [-0.1, -0.05) is 0 Å². The number of hydrogen-bond acceptors (Lipinski definition) is 5. The molecule has 134 valence electrons. The highest BCUT2D eigenvalue weighted by Crippen LogP contribution is 2.28. The first-order valence-corrected chi connectivity index (χ1v) is 7.96. The van der Waals surface area contributed by atoms with Crippen molar-refractivity contribution >= 4 is 28.9 Å². The van der Waals surface area contributed by atoms with Crippen LogP contribution in [0.2, 0.25) is 0 Å². The third-order valence-electron chi connectivity index (χ3n) is 3.57. The van der Waals surface area contributed by atoms with Crippen molar-refractivity contribution in [1.82, 2.24) is 0 Å². The first-order chi connectivity index (χ1) is 12.4. The van der Waals surface area contributed by atoms with Gasteiger partial charge in [-0.3, -0.25) is 9.59 Å². The molecule has 0 saturated carbocycles. The van der Waals surface area contributed by atoms with E-state index in [1.54, 1.807) is 49.4 Å². The predicted molar refractivity (Wildman–Crippen MR) is 100 cm³/mol. The van der Waals surface area contributed by atoms with E-state index in [1.165, 1.54) is 14.0 Å². The number of benzene rings is 2. The van der Waals surface area contributed by atoms with Crippen LogP contribution in [0, 0.1) is 11.3 Å². The van der Waals surface area contributed by atoms with E-state index in [0.717, 1.165) is 0 Å². The second-order valence-electron chi connectivity index (χ2n) is 5.64. The van der Waals surface area contributed by atoms with Gasteiger partial charge in [0.1, 0.15) is 11.8 Å². The Kier molecular flexibility index (Phi) is 6.17. The number of amides is 2. The SMILES string of the molecule is COc1ccc(NC(C)=O)cc1N[C@@H](C)C(=O)Nc1ccc(C#N)cc1. The van der Waals surface area contributed by atoms with Crippen molar-refractivity contribution in [2.45, 2.75) is 19.9 Å². The molecule has 2 aromatic rings. The molecule has 0 aromatic heterocycles. The van der Waals surface area contributed by atoms with Gasteiger partial charge >= 0.3 is 0 Å². The van der Waals surface area contributed by atoms with E-state index in [9.17, 15) is 9.59 Å². The fourth-order valence-electron chi connectivity index (χ4n) is 2.28. The van der Waals surface area contributed by atoms with E-state index in [0.29, 0.717) is 28.4 Å². The van der Waals surface area contributed by atoms with Crippen molar-refractivity contribution < 1.29 is 14.3 Å². The lowest BCUT2D eigenvalue weighted by atomic mass is 10.2. The van der Waals surface area contributed by atoms with E-state index in [1.807, 2.05) is 6.07 Å². The highest BCUT2D eigenvalue weighted by Gasteiger charge is 2.15. The number of methoxy groups -OCH3 is 1. The van der Waals surface area contributed by atoms with Gasteiger partial charge in [-0.15, -0.1) is 0 Å². The van der Waals surface area contributed by atoms with Gasteiger partial charge < -0.3 is 20.7 Å². The normalized spacial score (nSPS) is 11.0. The van der Waals surface area contributed by atoms with E-state index < -0.39 is 6.04 Å². The molecule has 0 heterocycles. The lowest BCUT2D eigenvalue weighted by molar-refractivity contribution is -0.116. The first-order valence-electron chi connectivity index (χ1n) is 7.96. The smallest absolute Gasteiger partial charge is 0.246 e. The number of hydrogen-bond donors (Lipinski definition) is 3. The van der Waals surface area contributed by atoms with Crippen LogP contribution in [0.25, 0.3) is 0 Å². The Morgan fingerprint density at radius 1 is 1.08 bits per heavy atom. The molecule has 0 unspecified atom stereocenters. The van der Waals surface area contributed by atoms with Gasteiger partial charge in [-0.05, 0) is 49.4 Å². The van der Waals surface area contributed by atoms with E-state index in [2.05, 4.69) is 16.0 Å². The maximum atomic E-state index is 12.4. The lowest BCUT2D eigenvalue weighted by Gasteiger charge is -2.18. The van der Waals surface area contributed by atoms with Crippen LogP contribution < -0.4 is 20.7 Å². The Hall–Kier alpha value is -3.53. The summed E-state index contributed by atoms with van der Waals surface area (Å²) in [7, 11) is 1.53. The number of nitrogens with one attached hydrogen (secondary N) is 3. The standard InChI is InChI=1S/C19H20N4O3/c1-12(19(25)23-15-6-4-14(11-20)5-7-15)21-17-10-16(22-13(2)24)8-9-18(17)26-3/h4-10,12,21H,1-3H3,(H,22,24)(H,23,25)/t12-/m0/s1. The van der Waals surface area contributed by atoms with Crippen molar-refractivity contribution in [3.63, 3.8) is 0 Å². The number of ether oxygens (including phenoxy) is 1. The highest BCUT2D eigenvalue weighted by molar-refractivity contribution is 5.97. The molecule has 0 fully saturated rings. The maximum Gasteiger partial charge on any atom is 0.246 e. The molecule has 7 heteroatoms. The lowest BCUT2D eigenvalue weighted by Crippen LogP contribution is -2.32. The Bertz CT molecular complexity index is 841. The van der Waals surface area contributed by atoms with Crippen LogP contribution >= 0.6 is 0 Å². The van der Waals surface area contributed by atoms with Crippen LogP contribution in [0.1, 0.15) is 19.4 Å². The number of carbonyl (C=O) groups is 2. The number of nitriles is 1. The van der Waals surface area contributed by atoms with Crippen molar-refractivity contribution in [2.75, 3.05) is 23.1 Å². The zero-order chi connectivity index (χ0) is 19.1. The molecular weight excluding hydrogens is 332 g/mol. The molecule has 2 amide bonds. The molecule has 0 spiro atoms. The Labute approximate surface area is 152 Å². The monoisotopic (exact) mass is 352 g/mol. The molecule has 2 rings (SSSR count). The molecule has 3 N–H and O–H groups in total. The Morgan fingerprint density at radius 2 is 1.73 bits per heavy atom. The number of anilines is 3. The van der Waals surface area contributed by atoms with Crippen molar-refractivity contribution in [2.24, 2.45) is 0 Å². The van der Waals surface area contributed by atoms with Crippen LogP contribution in [0.5, 0.6) is 5.75 Å². The van der Waals surface area contributed by atoms with E-state index >= 15 is 0 Å². The minimum atomic E-state index is -0.563. The molecule has 0 bridgehead atoms. The molecule has 1 atom stereocenters. The van der Waals surface area contributed by atoms with Gasteiger partial charge in [0.2, 0.25) is 11.8 Å². The molecule has 2 aromatic carbocycles. The largest absolute Gasteiger partial charge is 0.495 e. The minimum absolute atomic E-state index is 0.187. The predicted octanol–water partition coefficient (Wildman–Crippen LogP) is 2.96. The summed E-state index contributed by atoms with van der Waals surface area (Å²) < 4.78 is 5.29. The average Bonchev–Trinajstić information content (AvgIpc) is 2.62. The Balaban J connectivity index is 2.09. The molecule has 0 aliphatic heterocycles. The second kappa shape index (κ2) is 8.53. The zero-order valence-corrected chi connectivity index (χ0v) is 14.8. The third-order valence-corrected chi connectivity index (χ3v) is 3.57.